The third-order valence-corrected chi connectivity index (χ3v) is 3.57. The molecule has 1 aromatic carbocycles. The SMILES string of the molecule is CNCC(C(C)C)C(NC)c1ccc(OC)c(F)c1. The Kier molecular flexibility index (Phi) is 6.25. The van der Waals surface area contributed by atoms with Gasteiger partial charge in [-0.15, -0.1) is 0 Å². The van der Waals surface area contributed by atoms with Gasteiger partial charge in [-0.05, 0) is 50.2 Å². The highest BCUT2D eigenvalue weighted by atomic mass is 19.1. The van der Waals surface area contributed by atoms with Crippen LogP contribution in [0.15, 0.2) is 18.2 Å². The fourth-order valence-electron chi connectivity index (χ4n) is 2.48. The van der Waals surface area contributed by atoms with Gasteiger partial charge in [0.15, 0.2) is 11.6 Å². The first-order valence-electron chi connectivity index (χ1n) is 6.70. The predicted molar refractivity (Wildman–Crippen MR) is 77.0 cm³/mol. The molecule has 0 aromatic heterocycles. The van der Waals surface area contributed by atoms with E-state index in [2.05, 4.69) is 24.5 Å². The van der Waals surface area contributed by atoms with Crippen LogP contribution >= 0.6 is 0 Å². The minimum absolute atomic E-state index is 0.118. The van der Waals surface area contributed by atoms with E-state index in [4.69, 9.17) is 4.74 Å². The van der Waals surface area contributed by atoms with E-state index in [1.807, 2.05) is 20.2 Å². The van der Waals surface area contributed by atoms with Crippen LogP contribution in [-0.2, 0) is 0 Å². The van der Waals surface area contributed by atoms with Gasteiger partial charge in [-0.3, -0.25) is 0 Å². The van der Waals surface area contributed by atoms with Gasteiger partial charge in [0.1, 0.15) is 0 Å². The molecule has 0 saturated carbocycles. The van der Waals surface area contributed by atoms with Gasteiger partial charge in [0.05, 0.1) is 7.11 Å². The molecule has 2 N–H and O–H groups in total. The fraction of sp³-hybridized carbons (Fsp3) is 0.600. The maximum absolute atomic E-state index is 13.8. The number of halogens is 1. The second-order valence-electron chi connectivity index (χ2n) is 5.13. The molecule has 3 nitrogen and oxygen atoms in total. The minimum atomic E-state index is -0.313. The normalized spacial score (nSPS) is 14.5. The van der Waals surface area contributed by atoms with E-state index in [1.54, 1.807) is 12.1 Å². The molecule has 0 aliphatic carbocycles. The Hall–Kier alpha value is -1.13. The number of hydrogen-bond acceptors (Lipinski definition) is 3. The summed E-state index contributed by atoms with van der Waals surface area (Å²) in [6.45, 7) is 5.26. The fourth-order valence-corrected chi connectivity index (χ4v) is 2.48. The molecule has 2 atom stereocenters. The summed E-state index contributed by atoms with van der Waals surface area (Å²) in [5.41, 5.74) is 0.953. The van der Waals surface area contributed by atoms with E-state index in [0.717, 1.165) is 12.1 Å². The van der Waals surface area contributed by atoms with Gasteiger partial charge >= 0.3 is 0 Å². The lowest BCUT2D eigenvalue weighted by molar-refractivity contribution is 0.283. The first-order valence-corrected chi connectivity index (χ1v) is 6.70. The molecule has 108 valence electrons. The van der Waals surface area contributed by atoms with Crippen molar-refractivity contribution in [2.75, 3.05) is 27.7 Å². The summed E-state index contributed by atoms with van der Waals surface area (Å²) in [5.74, 6) is 0.860. The van der Waals surface area contributed by atoms with E-state index in [0.29, 0.717) is 11.8 Å². The summed E-state index contributed by atoms with van der Waals surface area (Å²) in [4.78, 5) is 0. The summed E-state index contributed by atoms with van der Waals surface area (Å²) in [5, 5.41) is 6.51. The monoisotopic (exact) mass is 268 g/mol. The van der Waals surface area contributed by atoms with Crippen LogP contribution in [-0.4, -0.2) is 27.7 Å². The number of hydrogen-bond donors (Lipinski definition) is 2. The predicted octanol–water partition coefficient (Wildman–Crippen LogP) is 2.59. The summed E-state index contributed by atoms with van der Waals surface area (Å²) in [6, 6.07) is 5.29. The number of rotatable bonds is 7. The van der Waals surface area contributed by atoms with Crippen molar-refractivity contribution in [3.8, 4) is 5.75 Å². The molecular formula is C15H25FN2O. The zero-order valence-corrected chi connectivity index (χ0v) is 12.5. The second-order valence-corrected chi connectivity index (χ2v) is 5.13. The molecule has 0 heterocycles. The molecule has 0 aliphatic heterocycles. The molecular weight excluding hydrogens is 243 g/mol. The van der Waals surface area contributed by atoms with Crippen molar-refractivity contribution in [3.05, 3.63) is 29.6 Å². The highest BCUT2D eigenvalue weighted by Gasteiger charge is 2.24. The van der Waals surface area contributed by atoms with Crippen molar-refractivity contribution in [2.24, 2.45) is 11.8 Å². The number of ether oxygens (including phenoxy) is 1. The molecule has 19 heavy (non-hydrogen) atoms. The maximum atomic E-state index is 13.8. The van der Waals surface area contributed by atoms with Crippen LogP contribution in [0.5, 0.6) is 5.75 Å². The van der Waals surface area contributed by atoms with Crippen LogP contribution in [0.2, 0.25) is 0 Å². The molecule has 0 amide bonds. The van der Waals surface area contributed by atoms with Gasteiger partial charge in [0.2, 0.25) is 0 Å². The lowest BCUT2D eigenvalue weighted by atomic mass is 9.84. The van der Waals surface area contributed by atoms with E-state index < -0.39 is 0 Å². The summed E-state index contributed by atoms with van der Waals surface area (Å²) in [6.07, 6.45) is 0. The average molecular weight is 268 g/mol. The van der Waals surface area contributed by atoms with Crippen LogP contribution in [0, 0.1) is 17.7 Å². The van der Waals surface area contributed by atoms with Crippen molar-refractivity contribution in [1.82, 2.24) is 10.6 Å². The summed E-state index contributed by atoms with van der Waals surface area (Å²) in [7, 11) is 5.33. The third kappa shape index (κ3) is 3.91. The Bertz CT molecular complexity index is 396. The van der Waals surface area contributed by atoms with Crippen LogP contribution < -0.4 is 15.4 Å². The summed E-state index contributed by atoms with van der Waals surface area (Å²) >= 11 is 0. The zero-order chi connectivity index (χ0) is 14.4. The van der Waals surface area contributed by atoms with Crippen molar-refractivity contribution < 1.29 is 9.13 Å². The topological polar surface area (TPSA) is 33.3 Å². The smallest absolute Gasteiger partial charge is 0.165 e. The van der Waals surface area contributed by atoms with Crippen molar-refractivity contribution in [1.29, 1.82) is 0 Å². The van der Waals surface area contributed by atoms with Crippen LogP contribution in [0.1, 0.15) is 25.5 Å². The first-order chi connectivity index (χ1) is 9.04. The van der Waals surface area contributed by atoms with Gasteiger partial charge in [0, 0.05) is 6.04 Å². The highest BCUT2D eigenvalue weighted by Crippen LogP contribution is 2.30. The van der Waals surface area contributed by atoms with Crippen molar-refractivity contribution >= 4 is 0 Å². The van der Waals surface area contributed by atoms with Gasteiger partial charge in [-0.1, -0.05) is 19.9 Å². The van der Waals surface area contributed by atoms with Crippen LogP contribution in [0.4, 0.5) is 4.39 Å². The Labute approximate surface area is 115 Å². The van der Waals surface area contributed by atoms with Crippen LogP contribution in [0.25, 0.3) is 0 Å². The van der Waals surface area contributed by atoms with Gasteiger partial charge in [-0.2, -0.15) is 0 Å². The molecule has 0 bridgehead atoms. The summed E-state index contributed by atoms with van der Waals surface area (Å²) < 4.78 is 18.8. The molecule has 1 aromatic rings. The molecule has 2 unspecified atom stereocenters. The Morgan fingerprint density at radius 1 is 1.26 bits per heavy atom. The van der Waals surface area contributed by atoms with E-state index >= 15 is 0 Å². The quantitative estimate of drug-likeness (QED) is 0.797. The highest BCUT2D eigenvalue weighted by molar-refractivity contribution is 5.31. The van der Waals surface area contributed by atoms with Gasteiger partial charge in [-0.25, -0.2) is 4.39 Å². The Balaban J connectivity index is 3.04. The van der Waals surface area contributed by atoms with Gasteiger partial charge in [0.25, 0.3) is 0 Å². The Morgan fingerprint density at radius 2 is 1.95 bits per heavy atom. The Morgan fingerprint density at radius 3 is 2.37 bits per heavy atom. The second kappa shape index (κ2) is 7.46. The van der Waals surface area contributed by atoms with E-state index in [1.165, 1.54) is 7.11 Å². The van der Waals surface area contributed by atoms with E-state index in [9.17, 15) is 4.39 Å². The number of nitrogens with one attached hydrogen (secondary N) is 2. The first kappa shape index (κ1) is 15.9. The van der Waals surface area contributed by atoms with E-state index in [-0.39, 0.29) is 17.6 Å². The molecule has 1 rings (SSSR count). The number of benzene rings is 1. The number of methoxy groups -OCH3 is 1. The largest absolute Gasteiger partial charge is 0.494 e. The van der Waals surface area contributed by atoms with Crippen molar-refractivity contribution in [2.45, 2.75) is 19.9 Å². The average Bonchev–Trinajstić information content (AvgIpc) is 2.38. The molecule has 4 heteroatoms. The molecule has 0 aliphatic rings. The molecule has 0 saturated heterocycles. The maximum Gasteiger partial charge on any atom is 0.165 e. The van der Waals surface area contributed by atoms with Gasteiger partial charge < -0.3 is 15.4 Å². The molecule has 0 radical (unpaired) electrons. The molecule has 0 spiro atoms. The lowest BCUT2D eigenvalue weighted by Crippen LogP contribution is -2.35. The third-order valence-electron chi connectivity index (χ3n) is 3.57. The lowest BCUT2D eigenvalue weighted by Gasteiger charge is -2.30. The minimum Gasteiger partial charge on any atom is -0.494 e. The van der Waals surface area contributed by atoms with Crippen molar-refractivity contribution in [3.63, 3.8) is 0 Å². The molecule has 0 fully saturated rings. The standard InChI is InChI=1S/C15H25FN2O/c1-10(2)12(9-17-3)15(18-4)11-6-7-14(19-5)13(16)8-11/h6-8,10,12,15,17-18H,9H2,1-5H3. The zero-order valence-electron chi connectivity index (χ0n) is 12.5. The van der Waals surface area contributed by atoms with Crippen LogP contribution in [0.3, 0.4) is 0 Å².